The van der Waals surface area contributed by atoms with E-state index in [1.54, 1.807) is 0 Å². The molecular formula is C28H25ClN2O. The van der Waals surface area contributed by atoms with Gasteiger partial charge < -0.3 is 9.88 Å². The van der Waals surface area contributed by atoms with E-state index in [1.165, 1.54) is 35.4 Å². The molecule has 4 aromatic rings. The van der Waals surface area contributed by atoms with Gasteiger partial charge in [0.25, 0.3) is 5.91 Å². The molecule has 1 aliphatic rings. The van der Waals surface area contributed by atoms with Crippen LogP contribution in [0.1, 0.15) is 40.0 Å². The van der Waals surface area contributed by atoms with Gasteiger partial charge in [0.05, 0.1) is 5.69 Å². The second kappa shape index (κ2) is 9.05. The molecule has 0 unspecified atom stereocenters. The van der Waals surface area contributed by atoms with E-state index in [0.717, 1.165) is 24.1 Å². The van der Waals surface area contributed by atoms with Crippen LogP contribution in [0.25, 0.3) is 16.9 Å². The van der Waals surface area contributed by atoms with Crippen molar-refractivity contribution in [2.75, 3.05) is 0 Å². The molecule has 1 amide bonds. The molecule has 0 fully saturated rings. The minimum Gasteiger partial charge on any atom is -0.348 e. The van der Waals surface area contributed by atoms with Gasteiger partial charge in [-0.25, -0.2) is 0 Å². The van der Waals surface area contributed by atoms with Crippen LogP contribution in [0.4, 0.5) is 0 Å². The third-order valence-electron chi connectivity index (χ3n) is 6.10. The topological polar surface area (TPSA) is 34.0 Å². The fraction of sp³-hybridized carbons (Fsp3) is 0.179. The second-order valence-electron chi connectivity index (χ2n) is 8.27. The standard InChI is InChI=1S/C28H25ClN2O/c29-24-11-6-7-20(17-24)19-30-28(32)22-13-15-25(16-14-22)31-26-12-5-4-10-23(26)18-27(31)21-8-2-1-3-9-21/h1-3,6-9,11,13-18H,4-5,10,12,19H2,(H,30,32). The molecular weight excluding hydrogens is 416 g/mol. The molecule has 0 radical (unpaired) electrons. The van der Waals surface area contributed by atoms with Crippen LogP contribution < -0.4 is 5.32 Å². The van der Waals surface area contributed by atoms with Crippen molar-refractivity contribution in [1.82, 2.24) is 9.88 Å². The highest BCUT2D eigenvalue weighted by Gasteiger charge is 2.20. The smallest absolute Gasteiger partial charge is 0.251 e. The van der Waals surface area contributed by atoms with Crippen molar-refractivity contribution in [1.29, 1.82) is 0 Å². The molecule has 0 atom stereocenters. The van der Waals surface area contributed by atoms with Gasteiger partial charge in [0.15, 0.2) is 0 Å². The Kier molecular flexibility index (Phi) is 5.83. The zero-order valence-corrected chi connectivity index (χ0v) is 18.6. The average molecular weight is 441 g/mol. The highest BCUT2D eigenvalue weighted by atomic mass is 35.5. The van der Waals surface area contributed by atoms with E-state index in [4.69, 9.17) is 11.6 Å². The van der Waals surface area contributed by atoms with E-state index >= 15 is 0 Å². The van der Waals surface area contributed by atoms with Gasteiger partial charge in [-0.1, -0.05) is 54.1 Å². The third kappa shape index (κ3) is 4.21. The molecule has 4 heteroatoms. The minimum atomic E-state index is -0.0886. The molecule has 1 heterocycles. The van der Waals surface area contributed by atoms with E-state index < -0.39 is 0 Å². The number of nitrogens with one attached hydrogen (secondary N) is 1. The molecule has 1 aromatic heterocycles. The summed E-state index contributed by atoms with van der Waals surface area (Å²) in [6.45, 7) is 0.449. The largest absolute Gasteiger partial charge is 0.348 e. The summed E-state index contributed by atoms with van der Waals surface area (Å²) >= 11 is 6.04. The lowest BCUT2D eigenvalue weighted by atomic mass is 9.98. The quantitative estimate of drug-likeness (QED) is 0.372. The van der Waals surface area contributed by atoms with Gasteiger partial charge in [0, 0.05) is 28.5 Å². The van der Waals surface area contributed by atoms with E-state index in [-0.39, 0.29) is 5.91 Å². The van der Waals surface area contributed by atoms with E-state index in [1.807, 2.05) is 42.5 Å². The highest BCUT2D eigenvalue weighted by Crippen LogP contribution is 2.33. The van der Waals surface area contributed by atoms with Gasteiger partial charge in [-0.05, 0) is 84.8 Å². The molecule has 1 aliphatic carbocycles. The van der Waals surface area contributed by atoms with Gasteiger partial charge in [0.2, 0.25) is 0 Å². The molecule has 3 aromatic carbocycles. The van der Waals surface area contributed by atoms with Crippen molar-refractivity contribution < 1.29 is 4.79 Å². The van der Waals surface area contributed by atoms with Gasteiger partial charge >= 0.3 is 0 Å². The van der Waals surface area contributed by atoms with Crippen molar-refractivity contribution in [3.05, 3.63) is 112 Å². The van der Waals surface area contributed by atoms with Crippen LogP contribution in [-0.4, -0.2) is 10.5 Å². The minimum absolute atomic E-state index is 0.0886. The number of nitrogens with zero attached hydrogens (tertiary/aromatic N) is 1. The third-order valence-corrected chi connectivity index (χ3v) is 6.34. The SMILES string of the molecule is O=C(NCc1cccc(Cl)c1)c1ccc(-n2c(-c3ccccc3)cc3c2CCCC3)cc1. The monoisotopic (exact) mass is 440 g/mol. The predicted molar refractivity (Wildman–Crippen MR) is 130 cm³/mol. The summed E-state index contributed by atoms with van der Waals surface area (Å²) in [5, 5.41) is 3.65. The highest BCUT2D eigenvalue weighted by molar-refractivity contribution is 6.30. The Balaban J connectivity index is 1.41. The lowest BCUT2D eigenvalue weighted by molar-refractivity contribution is 0.0951. The molecule has 160 valence electrons. The lowest BCUT2D eigenvalue weighted by Gasteiger charge is -2.18. The first kappa shape index (κ1) is 20.6. The fourth-order valence-electron chi connectivity index (χ4n) is 4.51. The second-order valence-corrected chi connectivity index (χ2v) is 8.71. The first-order chi connectivity index (χ1) is 15.7. The van der Waals surface area contributed by atoms with Gasteiger partial charge in [-0.3, -0.25) is 4.79 Å². The fourth-order valence-corrected chi connectivity index (χ4v) is 4.72. The Bertz CT molecular complexity index is 1240. The summed E-state index contributed by atoms with van der Waals surface area (Å²) < 4.78 is 2.37. The number of hydrogen-bond donors (Lipinski definition) is 1. The van der Waals surface area contributed by atoms with E-state index in [0.29, 0.717) is 17.1 Å². The zero-order valence-electron chi connectivity index (χ0n) is 17.9. The Morgan fingerprint density at radius 1 is 0.875 bits per heavy atom. The number of benzene rings is 3. The van der Waals surface area contributed by atoms with Crippen LogP contribution in [0.2, 0.25) is 5.02 Å². The van der Waals surface area contributed by atoms with Crippen LogP contribution in [0.5, 0.6) is 0 Å². The summed E-state index contributed by atoms with van der Waals surface area (Å²) in [5.74, 6) is -0.0886. The Morgan fingerprint density at radius 3 is 2.44 bits per heavy atom. The van der Waals surface area contributed by atoms with Crippen LogP contribution in [0.3, 0.4) is 0 Å². The summed E-state index contributed by atoms with van der Waals surface area (Å²) in [7, 11) is 0. The number of aromatic nitrogens is 1. The number of fused-ring (bicyclic) bond motifs is 1. The molecule has 0 saturated heterocycles. The van der Waals surface area contributed by atoms with Crippen molar-refractivity contribution in [3.8, 4) is 16.9 Å². The molecule has 0 saturated carbocycles. The zero-order chi connectivity index (χ0) is 21.9. The average Bonchev–Trinajstić information content (AvgIpc) is 3.23. The number of rotatable bonds is 5. The Labute approximate surface area is 193 Å². The number of aryl methyl sites for hydroxylation is 1. The Hall–Kier alpha value is -3.30. The maximum Gasteiger partial charge on any atom is 0.251 e. The maximum atomic E-state index is 12.7. The summed E-state index contributed by atoms with van der Waals surface area (Å²) in [5.41, 5.74) is 8.00. The molecule has 1 N–H and O–H groups in total. The van der Waals surface area contributed by atoms with Crippen LogP contribution in [0.15, 0.2) is 84.9 Å². The van der Waals surface area contributed by atoms with Crippen molar-refractivity contribution in [2.24, 2.45) is 0 Å². The van der Waals surface area contributed by atoms with Crippen molar-refractivity contribution >= 4 is 17.5 Å². The first-order valence-corrected chi connectivity index (χ1v) is 11.5. The molecule has 0 aliphatic heterocycles. The van der Waals surface area contributed by atoms with Gasteiger partial charge in [-0.2, -0.15) is 0 Å². The predicted octanol–water partition coefficient (Wildman–Crippen LogP) is 6.61. The molecule has 32 heavy (non-hydrogen) atoms. The number of hydrogen-bond acceptors (Lipinski definition) is 1. The van der Waals surface area contributed by atoms with E-state index in [9.17, 15) is 4.79 Å². The first-order valence-electron chi connectivity index (χ1n) is 11.1. The number of carbonyl (C=O) groups is 1. The molecule has 3 nitrogen and oxygen atoms in total. The molecule has 5 rings (SSSR count). The summed E-state index contributed by atoms with van der Waals surface area (Å²) in [4.78, 5) is 12.7. The lowest BCUT2D eigenvalue weighted by Crippen LogP contribution is -2.22. The van der Waals surface area contributed by atoms with Crippen molar-refractivity contribution in [3.63, 3.8) is 0 Å². The number of halogens is 1. The maximum absolute atomic E-state index is 12.7. The van der Waals surface area contributed by atoms with Crippen LogP contribution in [-0.2, 0) is 19.4 Å². The van der Waals surface area contributed by atoms with Crippen molar-refractivity contribution in [2.45, 2.75) is 32.2 Å². The number of amides is 1. The summed E-state index contributed by atoms with van der Waals surface area (Å²) in [6, 6.07) is 28.3. The van der Waals surface area contributed by atoms with Crippen LogP contribution in [0, 0.1) is 0 Å². The van der Waals surface area contributed by atoms with E-state index in [2.05, 4.69) is 52.3 Å². The normalized spacial score (nSPS) is 12.9. The number of carbonyl (C=O) groups excluding carboxylic acids is 1. The molecule has 0 bridgehead atoms. The molecule has 0 spiro atoms. The van der Waals surface area contributed by atoms with Gasteiger partial charge in [0.1, 0.15) is 0 Å². The van der Waals surface area contributed by atoms with Crippen LogP contribution >= 0.6 is 11.6 Å². The van der Waals surface area contributed by atoms with Gasteiger partial charge in [-0.15, -0.1) is 0 Å². The Morgan fingerprint density at radius 2 is 1.66 bits per heavy atom. The summed E-state index contributed by atoms with van der Waals surface area (Å²) in [6.07, 6.45) is 4.68.